The van der Waals surface area contributed by atoms with Crippen molar-refractivity contribution in [2.24, 2.45) is 0 Å². The van der Waals surface area contributed by atoms with Gasteiger partial charge >= 0.3 is 0 Å². The number of halogens is 1. The average Bonchev–Trinajstić information content (AvgIpc) is 2.45. The quantitative estimate of drug-likeness (QED) is 0.755. The van der Waals surface area contributed by atoms with Gasteiger partial charge in [0.05, 0.1) is 6.61 Å². The smallest absolute Gasteiger partial charge is 0.0727 e. The summed E-state index contributed by atoms with van der Waals surface area (Å²) in [5.74, 6) is 0. The Kier molecular flexibility index (Phi) is 6.90. The summed E-state index contributed by atoms with van der Waals surface area (Å²) in [4.78, 5) is 0. The molecule has 1 aliphatic rings. The summed E-state index contributed by atoms with van der Waals surface area (Å²) in [6.07, 6.45) is 8.04. The zero-order valence-electron chi connectivity index (χ0n) is 11.5. The predicted octanol–water partition coefficient (Wildman–Crippen LogP) is 4.28. The molecule has 19 heavy (non-hydrogen) atoms. The monoisotopic (exact) mass is 325 g/mol. The van der Waals surface area contributed by atoms with E-state index in [1.807, 2.05) is 12.1 Å². The van der Waals surface area contributed by atoms with Crippen molar-refractivity contribution in [3.05, 3.63) is 34.3 Å². The first-order valence-corrected chi connectivity index (χ1v) is 8.20. The number of hydrogen-bond donors (Lipinski definition) is 1. The number of rotatable bonds is 7. The van der Waals surface area contributed by atoms with Gasteiger partial charge in [0.2, 0.25) is 0 Å². The van der Waals surface area contributed by atoms with Crippen molar-refractivity contribution >= 4 is 15.9 Å². The van der Waals surface area contributed by atoms with Crippen molar-refractivity contribution in [1.82, 2.24) is 5.32 Å². The van der Waals surface area contributed by atoms with Crippen LogP contribution in [-0.4, -0.2) is 19.2 Å². The van der Waals surface area contributed by atoms with E-state index in [0.29, 0.717) is 6.61 Å². The van der Waals surface area contributed by atoms with Crippen LogP contribution < -0.4 is 5.32 Å². The lowest BCUT2D eigenvalue weighted by Gasteiger charge is -2.22. The second-order valence-corrected chi connectivity index (χ2v) is 6.14. The normalized spacial score (nSPS) is 16.7. The molecule has 0 saturated heterocycles. The average molecular weight is 326 g/mol. The van der Waals surface area contributed by atoms with Crippen LogP contribution in [0.15, 0.2) is 28.7 Å². The van der Waals surface area contributed by atoms with Crippen LogP contribution in [0.1, 0.15) is 44.1 Å². The molecular weight excluding hydrogens is 302 g/mol. The minimum Gasteiger partial charge on any atom is -0.377 e. The minimum atomic E-state index is 0.699. The van der Waals surface area contributed by atoms with Crippen molar-refractivity contribution in [1.29, 1.82) is 0 Å². The van der Waals surface area contributed by atoms with Crippen molar-refractivity contribution in [3.63, 3.8) is 0 Å². The molecule has 0 bridgehead atoms. The van der Waals surface area contributed by atoms with Crippen LogP contribution >= 0.6 is 15.9 Å². The van der Waals surface area contributed by atoms with Gasteiger partial charge in [0.25, 0.3) is 0 Å². The molecule has 0 amide bonds. The molecule has 2 rings (SSSR count). The summed E-state index contributed by atoms with van der Waals surface area (Å²) in [5.41, 5.74) is 1.22. The van der Waals surface area contributed by atoms with E-state index in [1.54, 1.807) is 0 Å². The molecule has 106 valence electrons. The van der Waals surface area contributed by atoms with Gasteiger partial charge in [-0.25, -0.2) is 0 Å². The highest BCUT2D eigenvalue weighted by atomic mass is 79.9. The maximum atomic E-state index is 5.72. The first kappa shape index (κ1) is 15.0. The summed E-state index contributed by atoms with van der Waals surface area (Å²) in [6.45, 7) is 2.62. The van der Waals surface area contributed by atoms with Gasteiger partial charge in [-0.3, -0.25) is 0 Å². The molecule has 0 aliphatic heterocycles. The largest absolute Gasteiger partial charge is 0.377 e. The van der Waals surface area contributed by atoms with E-state index in [-0.39, 0.29) is 0 Å². The molecule has 0 atom stereocenters. The van der Waals surface area contributed by atoms with Gasteiger partial charge in [0.15, 0.2) is 0 Å². The number of benzene rings is 1. The molecule has 1 N–H and O–H groups in total. The highest BCUT2D eigenvalue weighted by Crippen LogP contribution is 2.18. The number of ether oxygens (including phenoxy) is 1. The van der Waals surface area contributed by atoms with E-state index < -0.39 is 0 Å². The van der Waals surface area contributed by atoms with Crippen molar-refractivity contribution in [2.45, 2.75) is 51.2 Å². The first-order valence-electron chi connectivity index (χ1n) is 7.41. The SMILES string of the molecule is Brc1ccccc1COCCCNC1CCCCC1. The minimum absolute atomic E-state index is 0.699. The maximum absolute atomic E-state index is 5.72. The van der Waals surface area contributed by atoms with E-state index in [1.165, 1.54) is 37.7 Å². The lowest BCUT2D eigenvalue weighted by molar-refractivity contribution is 0.117. The summed E-state index contributed by atoms with van der Waals surface area (Å²) in [6, 6.07) is 9.00. The lowest BCUT2D eigenvalue weighted by atomic mass is 9.95. The van der Waals surface area contributed by atoms with Crippen LogP contribution in [0, 0.1) is 0 Å². The molecule has 0 radical (unpaired) electrons. The highest BCUT2D eigenvalue weighted by Gasteiger charge is 2.11. The molecule has 0 aromatic heterocycles. The van der Waals surface area contributed by atoms with Crippen LogP contribution in [0.25, 0.3) is 0 Å². The first-order chi connectivity index (χ1) is 9.36. The number of hydrogen-bond acceptors (Lipinski definition) is 2. The Morgan fingerprint density at radius 1 is 1.16 bits per heavy atom. The maximum Gasteiger partial charge on any atom is 0.0727 e. The summed E-state index contributed by atoms with van der Waals surface area (Å²) in [7, 11) is 0. The van der Waals surface area contributed by atoms with E-state index in [9.17, 15) is 0 Å². The fourth-order valence-electron chi connectivity index (χ4n) is 2.58. The van der Waals surface area contributed by atoms with Gasteiger partial charge in [-0.1, -0.05) is 53.4 Å². The third-order valence-corrected chi connectivity index (χ3v) is 4.49. The Morgan fingerprint density at radius 3 is 2.74 bits per heavy atom. The Balaban J connectivity index is 1.51. The predicted molar refractivity (Wildman–Crippen MR) is 83.3 cm³/mol. The second-order valence-electron chi connectivity index (χ2n) is 5.29. The van der Waals surface area contributed by atoms with E-state index in [2.05, 4.69) is 33.4 Å². The van der Waals surface area contributed by atoms with Crippen molar-refractivity contribution in [2.75, 3.05) is 13.2 Å². The zero-order valence-corrected chi connectivity index (χ0v) is 13.1. The van der Waals surface area contributed by atoms with Crippen LogP contribution in [0.3, 0.4) is 0 Å². The van der Waals surface area contributed by atoms with Gasteiger partial charge < -0.3 is 10.1 Å². The van der Waals surface area contributed by atoms with Crippen LogP contribution in [0.5, 0.6) is 0 Å². The molecule has 2 nitrogen and oxygen atoms in total. The van der Waals surface area contributed by atoms with Crippen molar-refractivity contribution in [3.8, 4) is 0 Å². The van der Waals surface area contributed by atoms with E-state index in [0.717, 1.165) is 30.1 Å². The topological polar surface area (TPSA) is 21.3 Å². The zero-order chi connectivity index (χ0) is 13.3. The molecule has 1 aromatic rings. The molecule has 1 aromatic carbocycles. The molecule has 1 fully saturated rings. The molecule has 3 heteroatoms. The Bertz CT molecular complexity index is 364. The molecular formula is C16H24BrNO. The molecule has 0 spiro atoms. The number of nitrogens with one attached hydrogen (secondary N) is 1. The van der Waals surface area contributed by atoms with Gasteiger partial charge in [0.1, 0.15) is 0 Å². The molecule has 1 saturated carbocycles. The fraction of sp³-hybridized carbons (Fsp3) is 0.625. The summed E-state index contributed by atoms with van der Waals surface area (Å²) in [5, 5.41) is 3.64. The molecule has 0 unspecified atom stereocenters. The Labute approximate surface area is 125 Å². The van der Waals surface area contributed by atoms with Gasteiger partial charge in [-0.15, -0.1) is 0 Å². The van der Waals surface area contributed by atoms with Gasteiger partial charge in [-0.2, -0.15) is 0 Å². The van der Waals surface area contributed by atoms with Crippen molar-refractivity contribution < 1.29 is 4.74 Å². The summed E-state index contributed by atoms with van der Waals surface area (Å²) >= 11 is 3.54. The lowest BCUT2D eigenvalue weighted by Crippen LogP contribution is -2.32. The summed E-state index contributed by atoms with van der Waals surface area (Å²) < 4.78 is 6.85. The highest BCUT2D eigenvalue weighted by molar-refractivity contribution is 9.10. The van der Waals surface area contributed by atoms with Crippen LogP contribution in [0.2, 0.25) is 0 Å². The Hall–Kier alpha value is -0.380. The Morgan fingerprint density at radius 2 is 1.95 bits per heavy atom. The fourth-order valence-corrected chi connectivity index (χ4v) is 2.98. The van der Waals surface area contributed by atoms with Gasteiger partial charge in [-0.05, 0) is 37.4 Å². The van der Waals surface area contributed by atoms with Crippen LogP contribution in [0.4, 0.5) is 0 Å². The van der Waals surface area contributed by atoms with Gasteiger partial charge in [0, 0.05) is 17.1 Å². The third-order valence-electron chi connectivity index (χ3n) is 3.72. The van der Waals surface area contributed by atoms with E-state index in [4.69, 9.17) is 4.74 Å². The molecule has 1 aliphatic carbocycles. The van der Waals surface area contributed by atoms with E-state index >= 15 is 0 Å². The molecule has 0 heterocycles. The van der Waals surface area contributed by atoms with Crippen LogP contribution in [-0.2, 0) is 11.3 Å². The standard InChI is InChI=1S/C16H24BrNO/c17-16-10-5-4-7-14(16)13-19-12-6-11-18-15-8-2-1-3-9-15/h4-5,7,10,15,18H,1-3,6,8-9,11-13H2. The second kappa shape index (κ2) is 8.72. The third kappa shape index (κ3) is 5.64.